The summed E-state index contributed by atoms with van der Waals surface area (Å²) in [6.07, 6.45) is 10.8. The molecule has 2 fully saturated rings. The molecule has 109 heavy (non-hydrogen) atoms. The summed E-state index contributed by atoms with van der Waals surface area (Å²) in [6, 6.07) is 42.8. The molecule has 0 radical (unpaired) electrons. The number of sulfonamides is 3. The number of nitrogens with zero attached hydrogens (tertiary/aromatic N) is 17. The van der Waals surface area contributed by atoms with Crippen LogP contribution in [0.5, 0.6) is 0 Å². The van der Waals surface area contributed by atoms with Gasteiger partial charge in [-0.3, -0.25) is 32.0 Å². The highest BCUT2D eigenvalue weighted by Gasteiger charge is 2.29. The number of hydrogen-bond donors (Lipinski definition) is 4. The summed E-state index contributed by atoms with van der Waals surface area (Å²) in [6.45, 7) is 28.2. The normalized spacial score (nSPS) is 14.7. The Balaban J connectivity index is 0.000000154. The topological polar surface area (TPSA) is 331 Å². The van der Waals surface area contributed by atoms with Gasteiger partial charge in [0.2, 0.25) is 35.9 Å². The van der Waals surface area contributed by atoms with E-state index in [4.69, 9.17) is 66.5 Å². The molecule has 11 aromatic rings. The highest BCUT2D eigenvalue weighted by atomic mass is 35.5. The first-order valence-electron chi connectivity index (χ1n) is 34.5. The van der Waals surface area contributed by atoms with Crippen molar-refractivity contribution in [2.75, 3.05) is 87.7 Å². The second-order valence-corrected chi connectivity index (χ2v) is 32.3. The van der Waals surface area contributed by atoms with Crippen molar-refractivity contribution in [2.45, 2.75) is 91.0 Å². The summed E-state index contributed by atoms with van der Waals surface area (Å²) in [5.41, 5.74) is 19.1. The summed E-state index contributed by atoms with van der Waals surface area (Å²) in [5, 5.41) is 10.4. The lowest BCUT2D eigenvalue weighted by Crippen LogP contribution is -2.25. The van der Waals surface area contributed by atoms with Gasteiger partial charge in [0.15, 0.2) is 11.3 Å². The van der Waals surface area contributed by atoms with Crippen molar-refractivity contribution in [1.82, 2.24) is 49.0 Å². The SMILES string of the molecule is Cc1nc2c(Nc3ccccc3N(C)S(C)(=O)=O)cc(Cl)nc2n1C1CCCCO1.[C-]#[N+]c1cccc(Cc2cc(Nc3ccccc3N(C)S(C)(=O)=O)c3c(n2)CC(C)=N3)n1.[C-]#[N+]c1cccc(Cc2cc(Nc3ccccc3N(C)S(C)(=O)=O)c3nc(C)n(C4CCCCO4)c3n2)n1.[C-]#[N+]c1cccc(N)n1. The lowest BCUT2D eigenvalue weighted by molar-refractivity contribution is -0.0310. The van der Waals surface area contributed by atoms with Crippen LogP contribution in [-0.2, 0) is 58.8 Å². The van der Waals surface area contributed by atoms with E-state index >= 15 is 0 Å². The lowest BCUT2D eigenvalue weighted by Gasteiger charge is -2.25. The lowest BCUT2D eigenvalue weighted by atomic mass is 10.1. The van der Waals surface area contributed by atoms with Gasteiger partial charge in [-0.15, -0.1) is 15.0 Å². The van der Waals surface area contributed by atoms with Crippen LogP contribution in [0.25, 0.3) is 36.9 Å². The van der Waals surface area contributed by atoms with Crippen molar-refractivity contribution in [3.8, 4) is 0 Å². The number of para-hydroxylation sites is 6. The minimum Gasteiger partial charge on any atom is -0.364 e. The first kappa shape index (κ1) is 78.4. The van der Waals surface area contributed by atoms with Gasteiger partial charge in [-0.05, 0) is 138 Å². The third kappa shape index (κ3) is 19.2. The summed E-state index contributed by atoms with van der Waals surface area (Å²) in [5.74, 6) is 2.99. The van der Waals surface area contributed by atoms with Gasteiger partial charge in [-0.1, -0.05) is 85.9 Å². The molecule has 2 atom stereocenters. The van der Waals surface area contributed by atoms with E-state index < -0.39 is 30.1 Å². The summed E-state index contributed by atoms with van der Waals surface area (Å²) >= 11 is 6.35. The minimum absolute atomic E-state index is 0.119. The van der Waals surface area contributed by atoms with Crippen LogP contribution in [0.15, 0.2) is 151 Å². The Labute approximate surface area is 638 Å². The number of anilines is 10. The Morgan fingerprint density at radius 2 is 0.890 bits per heavy atom. The molecule has 33 heteroatoms. The number of aliphatic imine (C=N–C) groups is 1. The molecule has 0 bridgehead atoms. The van der Waals surface area contributed by atoms with E-state index in [0.29, 0.717) is 129 Å². The quantitative estimate of drug-likeness (QED) is 0.0458. The number of aryl methyl sites for hydroxylation is 2. The Morgan fingerprint density at radius 3 is 1.31 bits per heavy atom. The molecule has 2 unspecified atom stereocenters. The number of ether oxygens (including phenoxy) is 2. The number of rotatable bonds is 18. The van der Waals surface area contributed by atoms with Crippen molar-refractivity contribution in [1.29, 1.82) is 0 Å². The smallest absolute Gasteiger partial charge is 0.271 e. The monoisotopic (exact) mass is 1550 g/mol. The van der Waals surface area contributed by atoms with Gasteiger partial charge in [0.1, 0.15) is 57.4 Å². The number of halogens is 1. The van der Waals surface area contributed by atoms with Gasteiger partial charge in [-0.2, -0.15) is 0 Å². The Morgan fingerprint density at radius 1 is 0.486 bits per heavy atom. The number of hydrogen-bond acceptors (Lipinski definition) is 21. The van der Waals surface area contributed by atoms with Crippen LogP contribution in [-0.4, -0.2) is 133 Å². The zero-order valence-corrected chi connectivity index (χ0v) is 64.5. The highest BCUT2D eigenvalue weighted by Crippen LogP contribution is 2.41. The number of nitrogens with one attached hydrogen (secondary N) is 3. The fourth-order valence-corrected chi connectivity index (χ4v) is 14.1. The number of nitrogens with two attached hydrogens (primary N) is 1. The minimum atomic E-state index is -3.47. The van der Waals surface area contributed by atoms with Crippen molar-refractivity contribution in [3.63, 3.8) is 0 Å². The zero-order chi connectivity index (χ0) is 77.9. The Bertz CT molecular complexity index is 5750. The number of benzene rings is 3. The maximum absolute atomic E-state index is 12.3. The summed E-state index contributed by atoms with van der Waals surface area (Å²) < 4.78 is 92.8. The molecule has 0 spiro atoms. The largest absolute Gasteiger partial charge is 0.364 e. The fourth-order valence-electron chi connectivity index (χ4n) is 12.4. The van der Waals surface area contributed by atoms with Gasteiger partial charge in [0.05, 0.1) is 99.9 Å². The molecule has 3 aromatic carbocycles. The van der Waals surface area contributed by atoms with E-state index in [0.717, 1.165) is 95.7 Å². The van der Waals surface area contributed by atoms with Crippen molar-refractivity contribution < 1.29 is 34.7 Å². The number of nitrogen functional groups attached to an aromatic ring is 1. The molecule has 29 nitrogen and oxygen atoms in total. The maximum atomic E-state index is 12.3. The third-order valence-electron chi connectivity index (χ3n) is 17.8. The second-order valence-electron chi connectivity index (χ2n) is 25.9. The van der Waals surface area contributed by atoms with E-state index in [1.807, 2.05) is 103 Å². The molecule has 3 aliphatic rings. The molecular weight excluding hydrogens is 1470 g/mol. The maximum Gasteiger partial charge on any atom is 0.271 e. The van der Waals surface area contributed by atoms with Crippen LogP contribution in [0.2, 0.25) is 5.15 Å². The molecule has 2 saturated heterocycles. The van der Waals surface area contributed by atoms with Crippen LogP contribution in [0, 0.1) is 33.6 Å². The van der Waals surface area contributed by atoms with E-state index in [1.165, 1.54) is 52.8 Å². The number of imidazole rings is 2. The van der Waals surface area contributed by atoms with Gasteiger partial charge in [0, 0.05) is 58.6 Å². The predicted octanol–water partition coefficient (Wildman–Crippen LogP) is 15.0. The van der Waals surface area contributed by atoms with Crippen molar-refractivity contribution in [2.24, 2.45) is 4.99 Å². The standard InChI is InChI=1S/C27H29N7O3S.C23H22N6O2S.C20H24ClN5O3S.C6H5N3/c1-18-29-26-22(32-21-11-5-6-12-23(21)33(3)38(4,35)36)17-20(16-19-10-9-13-24(28-2)30-19)31-27(26)34(18)25-14-7-8-15-37-25;1-15-12-19-23(25-15)20(14-17(26-19)13-16-8-7-11-22(24-2)27-16)28-18-9-5-6-10-21(18)29(3)32(4,30)31;1-13-22-19-15(23-14-8-4-5-9-16(14)25(2)30(3,27)28)12-17(21)24-20(19)26(13)18-10-6-7-11-29-18;1-8-6-4-2-3-5(7)9-6/h5-6,9-13,17,25H,7-8,14-16H2,1,3-4H3,(H,31,32);5-11,14H,12-13H2,1,3-4H3,(H,26,28);4-5,8-9,12,18H,6-7,10-11H2,1-3H3,(H,23,24);2-4H,(H2,7,9). The summed E-state index contributed by atoms with van der Waals surface area (Å²) in [4.78, 5) is 50.9. The molecule has 3 aliphatic heterocycles. The van der Waals surface area contributed by atoms with Crippen molar-refractivity contribution in [3.05, 3.63) is 225 Å². The average Bonchev–Trinajstić information content (AvgIpc) is 1.64. The Kier molecular flexibility index (Phi) is 24.5. The first-order valence-corrected chi connectivity index (χ1v) is 40.4. The van der Waals surface area contributed by atoms with E-state index in [2.05, 4.69) is 55.4 Å². The van der Waals surface area contributed by atoms with E-state index in [-0.39, 0.29) is 12.5 Å². The van der Waals surface area contributed by atoms with Crippen molar-refractivity contribution >= 4 is 150 Å². The molecule has 0 amide bonds. The van der Waals surface area contributed by atoms with Crippen LogP contribution in [0.1, 0.15) is 98.0 Å². The molecule has 0 saturated carbocycles. The molecule has 5 N–H and O–H groups in total. The van der Waals surface area contributed by atoms with E-state index in [1.54, 1.807) is 72.8 Å². The number of fused-ring (bicyclic) bond motifs is 3. The Hall–Kier alpha value is -11.7. The van der Waals surface area contributed by atoms with Crippen LogP contribution < -0.4 is 34.6 Å². The number of aromatic nitrogens is 10. The third-order valence-corrected chi connectivity index (χ3v) is 21.6. The van der Waals surface area contributed by atoms with Gasteiger partial charge in [-0.25, -0.2) is 45.2 Å². The predicted molar refractivity (Wildman–Crippen MR) is 428 cm³/mol. The molecule has 0 aliphatic carbocycles. The van der Waals surface area contributed by atoms with Crippen LogP contribution >= 0.6 is 11.6 Å². The summed E-state index contributed by atoms with van der Waals surface area (Å²) in [7, 11) is -5.75. The van der Waals surface area contributed by atoms with E-state index in [9.17, 15) is 25.3 Å². The average molecular weight is 1550 g/mol. The first-order chi connectivity index (χ1) is 52.1. The zero-order valence-electron chi connectivity index (χ0n) is 61.3. The molecule has 11 heterocycles. The number of pyridine rings is 6. The molecular formula is C76H80ClN21O8S3. The molecule has 562 valence electrons. The molecule has 14 rings (SSSR count). The second kappa shape index (κ2) is 34.0. The molecule has 8 aromatic heterocycles. The van der Waals surface area contributed by atoms with Crippen LogP contribution in [0.4, 0.5) is 80.1 Å². The van der Waals surface area contributed by atoms with Crippen LogP contribution in [0.3, 0.4) is 0 Å². The van der Waals surface area contributed by atoms with Gasteiger partial charge in [0.25, 0.3) is 17.5 Å². The fraction of sp³-hybridized carbons (Fsp3) is 0.289. The van der Waals surface area contributed by atoms with Gasteiger partial charge >= 0.3 is 0 Å². The van der Waals surface area contributed by atoms with Gasteiger partial charge < -0.3 is 45.7 Å². The highest BCUT2D eigenvalue weighted by molar-refractivity contribution is 7.92.